The molecule has 0 amide bonds. The van der Waals surface area contributed by atoms with Gasteiger partial charge in [0.15, 0.2) is 0 Å². The lowest BCUT2D eigenvalue weighted by atomic mass is 9.74. The van der Waals surface area contributed by atoms with Crippen LogP contribution in [0.2, 0.25) is 0 Å². The van der Waals surface area contributed by atoms with Crippen molar-refractivity contribution in [2.24, 2.45) is 5.92 Å². The van der Waals surface area contributed by atoms with Crippen LogP contribution in [0.25, 0.3) is 0 Å². The Hall–Kier alpha value is -0.550. The monoisotopic (exact) mass is 192 g/mol. The molecule has 0 spiro atoms. The average Bonchev–Trinajstić information content (AvgIpc) is 2.58. The number of hydrogen-bond donors (Lipinski definition) is 1. The highest BCUT2D eigenvalue weighted by Crippen LogP contribution is 2.37. The zero-order chi connectivity index (χ0) is 10.0. The molecule has 2 fully saturated rings. The van der Waals surface area contributed by atoms with Gasteiger partial charge in [0.25, 0.3) is 0 Å². The van der Waals surface area contributed by atoms with E-state index < -0.39 is 0 Å². The van der Waals surface area contributed by atoms with E-state index in [9.17, 15) is 0 Å². The van der Waals surface area contributed by atoms with Gasteiger partial charge in [-0.2, -0.15) is 5.26 Å². The Kier molecular flexibility index (Phi) is 2.78. The first-order chi connectivity index (χ1) is 6.79. The average molecular weight is 192 g/mol. The smallest absolute Gasteiger partial charge is 0.0672 e. The molecule has 2 heteroatoms. The largest absolute Gasteiger partial charge is 0.307 e. The summed E-state index contributed by atoms with van der Waals surface area (Å²) in [4.78, 5) is 0. The van der Waals surface area contributed by atoms with Gasteiger partial charge >= 0.3 is 0 Å². The van der Waals surface area contributed by atoms with Gasteiger partial charge in [0.05, 0.1) is 12.0 Å². The summed E-state index contributed by atoms with van der Waals surface area (Å²) in [5.74, 6) is 0.277. The minimum absolute atomic E-state index is 0.277. The third-order valence-corrected chi connectivity index (χ3v) is 4.16. The molecule has 0 aromatic rings. The lowest BCUT2D eigenvalue weighted by molar-refractivity contribution is 0.150. The number of nitriles is 1. The molecular formula is C12H20N2. The lowest BCUT2D eigenvalue weighted by Crippen LogP contribution is -2.55. The number of nitrogens with zero attached hydrogens (tertiary/aromatic N) is 1. The molecule has 0 heterocycles. The van der Waals surface area contributed by atoms with E-state index in [1.807, 2.05) is 0 Å². The maximum absolute atomic E-state index is 9.01. The first-order valence-electron chi connectivity index (χ1n) is 5.97. The summed E-state index contributed by atoms with van der Waals surface area (Å²) >= 11 is 0. The molecule has 0 aromatic carbocycles. The Bertz CT molecular complexity index is 232. The van der Waals surface area contributed by atoms with Crippen molar-refractivity contribution in [3.63, 3.8) is 0 Å². The van der Waals surface area contributed by atoms with Gasteiger partial charge in [0, 0.05) is 11.6 Å². The van der Waals surface area contributed by atoms with Gasteiger partial charge in [0.1, 0.15) is 0 Å². The van der Waals surface area contributed by atoms with Crippen molar-refractivity contribution in [3.8, 4) is 6.07 Å². The first kappa shape index (κ1) is 9.98. The van der Waals surface area contributed by atoms with Gasteiger partial charge in [-0.05, 0) is 38.5 Å². The third-order valence-electron chi connectivity index (χ3n) is 4.16. The zero-order valence-corrected chi connectivity index (χ0v) is 9.05. The topological polar surface area (TPSA) is 35.8 Å². The van der Waals surface area contributed by atoms with Crippen LogP contribution in [0.4, 0.5) is 0 Å². The highest BCUT2D eigenvalue weighted by molar-refractivity contribution is 5.03. The first-order valence-corrected chi connectivity index (χ1v) is 5.97. The maximum Gasteiger partial charge on any atom is 0.0672 e. The van der Waals surface area contributed by atoms with E-state index >= 15 is 0 Å². The van der Waals surface area contributed by atoms with Crippen molar-refractivity contribution in [2.75, 3.05) is 0 Å². The summed E-state index contributed by atoms with van der Waals surface area (Å²) in [6.45, 7) is 2.27. The molecule has 2 aliphatic rings. The summed E-state index contributed by atoms with van der Waals surface area (Å²) in [7, 11) is 0. The van der Waals surface area contributed by atoms with Gasteiger partial charge in [0.2, 0.25) is 0 Å². The normalized spacial score (nSPS) is 34.9. The van der Waals surface area contributed by atoms with Crippen molar-refractivity contribution in [1.29, 1.82) is 5.26 Å². The minimum Gasteiger partial charge on any atom is -0.307 e. The van der Waals surface area contributed by atoms with Crippen molar-refractivity contribution < 1.29 is 0 Å². The molecule has 0 saturated heterocycles. The maximum atomic E-state index is 9.01. The summed E-state index contributed by atoms with van der Waals surface area (Å²) in [6, 6.07) is 2.93. The van der Waals surface area contributed by atoms with E-state index in [1.165, 1.54) is 38.5 Å². The quantitative estimate of drug-likeness (QED) is 0.746. The van der Waals surface area contributed by atoms with E-state index in [2.05, 4.69) is 18.3 Å². The van der Waals surface area contributed by atoms with Gasteiger partial charge in [-0.15, -0.1) is 0 Å². The van der Waals surface area contributed by atoms with Crippen LogP contribution in [0.15, 0.2) is 0 Å². The molecule has 14 heavy (non-hydrogen) atoms. The molecule has 2 atom stereocenters. The standard InChI is InChI=1S/C12H20N2/c1-2-12(7-4-8-12)14-11-6-3-5-10(11)9-13/h10-11,14H,2-8H2,1H3. The van der Waals surface area contributed by atoms with Crippen LogP contribution >= 0.6 is 0 Å². The molecule has 2 nitrogen and oxygen atoms in total. The second-order valence-corrected chi connectivity index (χ2v) is 4.90. The summed E-state index contributed by atoms with van der Waals surface area (Å²) in [5, 5.41) is 12.8. The molecule has 1 N–H and O–H groups in total. The van der Waals surface area contributed by atoms with Crippen LogP contribution in [0.3, 0.4) is 0 Å². The van der Waals surface area contributed by atoms with E-state index in [1.54, 1.807) is 0 Å². The van der Waals surface area contributed by atoms with Crippen LogP contribution in [-0.4, -0.2) is 11.6 Å². The molecular weight excluding hydrogens is 172 g/mol. The second-order valence-electron chi connectivity index (χ2n) is 4.90. The fourth-order valence-corrected chi connectivity index (χ4v) is 2.88. The van der Waals surface area contributed by atoms with Crippen molar-refractivity contribution in [2.45, 2.75) is 63.5 Å². The number of nitrogens with one attached hydrogen (secondary N) is 1. The Balaban J connectivity index is 1.93. The Labute approximate surface area is 86.7 Å². The van der Waals surface area contributed by atoms with Crippen molar-refractivity contribution >= 4 is 0 Å². The Morgan fingerprint density at radius 2 is 2.14 bits per heavy atom. The summed E-state index contributed by atoms with van der Waals surface area (Å²) < 4.78 is 0. The zero-order valence-electron chi connectivity index (χ0n) is 9.05. The SMILES string of the molecule is CCC1(NC2CCCC2C#N)CCC1. The number of hydrogen-bond acceptors (Lipinski definition) is 2. The van der Waals surface area contributed by atoms with E-state index in [4.69, 9.17) is 5.26 Å². The summed E-state index contributed by atoms with van der Waals surface area (Å²) in [5.41, 5.74) is 0.407. The Morgan fingerprint density at radius 1 is 1.36 bits per heavy atom. The van der Waals surface area contributed by atoms with Gasteiger partial charge in [-0.25, -0.2) is 0 Å². The second kappa shape index (κ2) is 3.90. The predicted octanol–water partition coefficient (Wildman–Crippen LogP) is 2.60. The summed E-state index contributed by atoms with van der Waals surface area (Å²) in [6.07, 6.45) is 8.77. The highest BCUT2D eigenvalue weighted by Gasteiger charge is 2.39. The molecule has 2 aliphatic carbocycles. The molecule has 2 saturated carbocycles. The van der Waals surface area contributed by atoms with E-state index in [0.717, 1.165) is 6.42 Å². The van der Waals surface area contributed by atoms with Crippen molar-refractivity contribution in [3.05, 3.63) is 0 Å². The van der Waals surface area contributed by atoms with Crippen molar-refractivity contribution in [1.82, 2.24) is 5.32 Å². The van der Waals surface area contributed by atoms with Gasteiger partial charge in [-0.3, -0.25) is 0 Å². The highest BCUT2D eigenvalue weighted by atomic mass is 15.0. The van der Waals surface area contributed by atoms with Crippen LogP contribution in [0, 0.1) is 17.2 Å². The van der Waals surface area contributed by atoms with E-state index in [-0.39, 0.29) is 5.92 Å². The molecule has 2 rings (SSSR count). The fourth-order valence-electron chi connectivity index (χ4n) is 2.88. The van der Waals surface area contributed by atoms with Crippen LogP contribution in [0.5, 0.6) is 0 Å². The third kappa shape index (κ3) is 1.66. The molecule has 0 bridgehead atoms. The molecule has 0 aliphatic heterocycles. The number of rotatable bonds is 3. The lowest BCUT2D eigenvalue weighted by Gasteiger charge is -2.44. The molecule has 2 unspecified atom stereocenters. The van der Waals surface area contributed by atoms with E-state index in [0.29, 0.717) is 11.6 Å². The van der Waals surface area contributed by atoms with Gasteiger partial charge < -0.3 is 5.32 Å². The molecule has 0 radical (unpaired) electrons. The van der Waals surface area contributed by atoms with Crippen LogP contribution in [-0.2, 0) is 0 Å². The van der Waals surface area contributed by atoms with Crippen LogP contribution < -0.4 is 5.32 Å². The fraction of sp³-hybridized carbons (Fsp3) is 0.917. The molecule has 78 valence electrons. The predicted molar refractivity (Wildman–Crippen MR) is 56.8 cm³/mol. The van der Waals surface area contributed by atoms with Gasteiger partial charge in [-0.1, -0.05) is 13.3 Å². The minimum atomic E-state index is 0.277. The Morgan fingerprint density at radius 3 is 2.64 bits per heavy atom. The molecule has 0 aromatic heterocycles. The van der Waals surface area contributed by atoms with Crippen LogP contribution in [0.1, 0.15) is 51.9 Å².